The number of thioether (sulfide) groups is 1. The summed E-state index contributed by atoms with van der Waals surface area (Å²) in [7, 11) is 1.34. The highest BCUT2D eigenvalue weighted by atomic mass is 32.2. The van der Waals surface area contributed by atoms with E-state index in [0.717, 1.165) is 0 Å². The third kappa shape index (κ3) is 3.29. The van der Waals surface area contributed by atoms with E-state index in [1.165, 1.54) is 31.3 Å². The molecule has 0 spiro atoms. The molecule has 0 aliphatic carbocycles. The van der Waals surface area contributed by atoms with Crippen molar-refractivity contribution in [3.8, 4) is 0 Å². The number of hydrogen-bond acceptors (Lipinski definition) is 6. The highest BCUT2D eigenvalue weighted by molar-refractivity contribution is 7.99. The largest absolute Gasteiger partial charge is 0.468 e. The van der Waals surface area contributed by atoms with E-state index in [0.29, 0.717) is 10.8 Å². The average molecular weight is 199 g/mol. The van der Waals surface area contributed by atoms with Crippen LogP contribution in [0.4, 0.5) is 5.82 Å². The Morgan fingerprint density at radius 1 is 1.62 bits per heavy atom. The summed E-state index contributed by atoms with van der Waals surface area (Å²) in [5.41, 5.74) is 5.33. The number of carbonyl (C=O) groups is 1. The number of esters is 1. The Bertz CT molecular complexity index is 288. The van der Waals surface area contributed by atoms with Crippen LogP contribution in [0.25, 0.3) is 0 Å². The average Bonchev–Trinajstić information content (AvgIpc) is 2.16. The summed E-state index contributed by atoms with van der Waals surface area (Å²) in [5, 5.41) is 0.652. The molecule has 0 aliphatic heterocycles. The van der Waals surface area contributed by atoms with E-state index in [1.807, 2.05) is 0 Å². The summed E-state index contributed by atoms with van der Waals surface area (Å²) < 4.78 is 4.46. The van der Waals surface area contributed by atoms with Gasteiger partial charge < -0.3 is 10.5 Å². The number of rotatable bonds is 3. The number of methoxy groups -OCH3 is 1. The van der Waals surface area contributed by atoms with E-state index in [1.54, 1.807) is 0 Å². The fraction of sp³-hybridized carbons (Fsp3) is 0.286. The molecule has 1 rings (SSSR count). The molecule has 1 aromatic rings. The summed E-state index contributed by atoms with van der Waals surface area (Å²) in [6, 6.07) is 0. The fourth-order valence-electron chi connectivity index (χ4n) is 0.593. The van der Waals surface area contributed by atoms with Gasteiger partial charge in [-0.15, -0.1) is 0 Å². The molecule has 70 valence electrons. The number of nitrogens with two attached hydrogens (primary N) is 1. The minimum absolute atomic E-state index is 0.231. The Kier molecular flexibility index (Phi) is 3.51. The van der Waals surface area contributed by atoms with Gasteiger partial charge in [0.25, 0.3) is 0 Å². The minimum atomic E-state index is -0.288. The van der Waals surface area contributed by atoms with Gasteiger partial charge in [-0.3, -0.25) is 4.79 Å². The van der Waals surface area contributed by atoms with E-state index < -0.39 is 0 Å². The predicted octanol–water partition coefficient (Wildman–Crippen LogP) is 0.324. The van der Waals surface area contributed by atoms with Crippen LogP contribution in [-0.2, 0) is 9.53 Å². The SMILES string of the molecule is COC(=O)CSc1cnc(N)cn1. The summed E-state index contributed by atoms with van der Waals surface area (Å²) in [5.74, 6) is 0.306. The minimum Gasteiger partial charge on any atom is -0.468 e. The summed E-state index contributed by atoms with van der Waals surface area (Å²) in [4.78, 5) is 18.5. The quantitative estimate of drug-likeness (QED) is 0.558. The van der Waals surface area contributed by atoms with Gasteiger partial charge in [0.15, 0.2) is 0 Å². The molecule has 0 aliphatic rings. The summed E-state index contributed by atoms with van der Waals surface area (Å²) in [6.07, 6.45) is 2.96. The first-order chi connectivity index (χ1) is 6.22. The van der Waals surface area contributed by atoms with Gasteiger partial charge in [-0.1, -0.05) is 11.8 Å². The maximum Gasteiger partial charge on any atom is 0.316 e. The maximum atomic E-state index is 10.7. The zero-order chi connectivity index (χ0) is 9.68. The van der Waals surface area contributed by atoms with Crippen molar-refractivity contribution in [2.45, 2.75) is 5.03 Å². The van der Waals surface area contributed by atoms with Gasteiger partial charge in [0.2, 0.25) is 0 Å². The molecule has 0 bridgehead atoms. The van der Waals surface area contributed by atoms with Gasteiger partial charge >= 0.3 is 5.97 Å². The number of ether oxygens (including phenoxy) is 1. The van der Waals surface area contributed by atoms with Crippen LogP contribution in [-0.4, -0.2) is 28.8 Å². The smallest absolute Gasteiger partial charge is 0.316 e. The number of carbonyl (C=O) groups excluding carboxylic acids is 1. The normalized spacial score (nSPS) is 9.62. The van der Waals surface area contributed by atoms with E-state index in [9.17, 15) is 4.79 Å². The molecule has 0 unspecified atom stereocenters. The number of anilines is 1. The van der Waals surface area contributed by atoms with Crippen LogP contribution in [0.2, 0.25) is 0 Å². The Morgan fingerprint density at radius 2 is 2.38 bits per heavy atom. The molecule has 5 nitrogen and oxygen atoms in total. The van der Waals surface area contributed by atoms with Crippen LogP contribution in [0.1, 0.15) is 0 Å². The van der Waals surface area contributed by atoms with Crippen LogP contribution in [0.15, 0.2) is 17.4 Å². The van der Waals surface area contributed by atoms with E-state index >= 15 is 0 Å². The zero-order valence-corrected chi connectivity index (χ0v) is 7.87. The second-order valence-corrected chi connectivity index (χ2v) is 3.14. The van der Waals surface area contributed by atoms with Gasteiger partial charge in [-0.05, 0) is 0 Å². The molecule has 13 heavy (non-hydrogen) atoms. The highest BCUT2D eigenvalue weighted by Gasteiger charge is 2.02. The van der Waals surface area contributed by atoms with E-state index in [-0.39, 0.29) is 11.7 Å². The van der Waals surface area contributed by atoms with E-state index in [2.05, 4.69) is 14.7 Å². The number of nitrogen functional groups attached to an aromatic ring is 1. The van der Waals surface area contributed by atoms with Crippen LogP contribution in [0.5, 0.6) is 0 Å². The lowest BCUT2D eigenvalue weighted by Crippen LogP contribution is -2.03. The Morgan fingerprint density at radius 3 is 2.92 bits per heavy atom. The summed E-state index contributed by atoms with van der Waals surface area (Å²) >= 11 is 1.26. The third-order valence-corrected chi connectivity index (χ3v) is 2.10. The monoisotopic (exact) mass is 199 g/mol. The lowest BCUT2D eigenvalue weighted by Gasteiger charge is -1.98. The van der Waals surface area contributed by atoms with Gasteiger partial charge in [0, 0.05) is 0 Å². The van der Waals surface area contributed by atoms with Crippen molar-refractivity contribution in [1.82, 2.24) is 9.97 Å². The van der Waals surface area contributed by atoms with Crippen molar-refractivity contribution < 1.29 is 9.53 Å². The van der Waals surface area contributed by atoms with Crippen molar-refractivity contribution in [2.75, 3.05) is 18.6 Å². The van der Waals surface area contributed by atoms with Gasteiger partial charge in [-0.25, -0.2) is 9.97 Å². The zero-order valence-electron chi connectivity index (χ0n) is 7.06. The van der Waals surface area contributed by atoms with Crippen LogP contribution in [0.3, 0.4) is 0 Å². The first kappa shape index (κ1) is 9.79. The number of aromatic nitrogens is 2. The molecule has 0 fully saturated rings. The van der Waals surface area contributed by atoms with Crippen LogP contribution >= 0.6 is 11.8 Å². The molecule has 2 N–H and O–H groups in total. The molecule has 0 saturated carbocycles. The van der Waals surface area contributed by atoms with Gasteiger partial charge in [0.05, 0.1) is 25.3 Å². The highest BCUT2D eigenvalue weighted by Crippen LogP contribution is 2.13. The molecular formula is C7H9N3O2S. The maximum absolute atomic E-state index is 10.7. The second-order valence-electron chi connectivity index (χ2n) is 2.14. The fourth-order valence-corrected chi connectivity index (χ4v) is 1.23. The number of hydrogen-bond donors (Lipinski definition) is 1. The van der Waals surface area contributed by atoms with Crippen LogP contribution in [0, 0.1) is 0 Å². The first-order valence-electron chi connectivity index (χ1n) is 3.49. The van der Waals surface area contributed by atoms with Crippen molar-refractivity contribution in [3.63, 3.8) is 0 Å². The third-order valence-electron chi connectivity index (χ3n) is 1.21. The Labute approximate surface area is 79.7 Å². The van der Waals surface area contributed by atoms with Crippen molar-refractivity contribution >= 4 is 23.5 Å². The molecule has 0 aromatic carbocycles. The topological polar surface area (TPSA) is 78.1 Å². The molecule has 0 radical (unpaired) electrons. The Hall–Kier alpha value is -1.30. The lowest BCUT2D eigenvalue weighted by molar-refractivity contribution is -0.137. The van der Waals surface area contributed by atoms with Crippen LogP contribution < -0.4 is 5.73 Å². The molecule has 1 aromatic heterocycles. The molecule has 0 saturated heterocycles. The van der Waals surface area contributed by atoms with E-state index in [4.69, 9.17) is 5.73 Å². The molecule has 1 heterocycles. The number of nitrogens with zero attached hydrogens (tertiary/aromatic N) is 2. The van der Waals surface area contributed by atoms with Crippen molar-refractivity contribution in [3.05, 3.63) is 12.4 Å². The first-order valence-corrected chi connectivity index (χ1v) is 4.48. The van der Waals surface area contributed by atoms with Gasteiger partial charge in [-0.2, -0.15) is 0 Å². The molecule has 6 heteroatoms. The lowest BCUT2D eigenvalue weighted by atomic mass is 10.7. The predicted molar refractivity (Wildman–Crippen MR) is 49.2 cm³/mol. The Balaban J connectivity index is 2.46. The summed E-state index contributed by atoms with van der Waals surface area (Å²) in [6.45, 7) is 0. The molecular weight excluding hydrogens is 190 g/mol. The molecule has 0 amide bonds. The second kappa shape index (κ2) is 4.66. The van der Waals surface area contributed by atoms with Crippen molar-refractivity contribution in [2.24, 2.45) is 0 Å². The molecule has 0 atom stereocenters. The standard InChI is InChI=1S/C7H9N3O2S/c1-12-7(11)4-13-6-3-9-5(8)2-10-6/h2-3H,4H2,1H3,(H2,8,9). The van der Waals surface area contributed by atoms with Gasteiger partial charge in [0.1, 0.15) is 10.8 Å². The van der Waals surface area contributed by atoms with Crippen molar-refractivity contribution in [1.29, 1.82) is 0 Å².